The van der Waals surface area contributed by atoms with E-state index in [1.165, 1.54) is 0 Å². The molecular formula is C40H61N3O6. The number of ether oxygens (including phenoxy) is 2. The van der Waals surface area contributed by atoms with E-state index in [-0.39, 0.29) is 24.8 Å². The topological polar surface area (TPSA) is 114 Å². The Kier molecular flexibility index (Phi) is 16.3. The second-order valence-electron chi connectivity index (χ2n) is 14.9. The Hall–Kier alpha value is -3.88. The van der Waals surface area contributed by atoms with E-state index < -0.39 is 47.3 Å². The first-order valence-electron chi connectivity index (χ1n) is 18.0. The van der Waals surface area contributed by atoms with Gasteiger partial charge < -0.3 is 25.0 Å². The van der Waals surface area contributed by atoms with Crippen molar-refractivity contribution in [1.82, 2.24) is 15.5 Å². The van der Waals surface area contributed by atoms with Crippen LogP contribution in [0.4, 0.5) is 4.79 Å². The number of rotatable bonds is 17. The van der Waals surface area contributed by atoms with E-state index in [0.717, 1.165) is 36.8 Å². The number of hydrogen-bond acceptors (Lipinski definition) is 6. The molecule has 272 valence electrons. The van der Waals surface area contributed by atoms with Gasteiger partial charge in [-0.25, -0.2) is 9.59 Å². The lowest BCUT2D eigenvalue weighted by atomic mass is 9.94. The SMILES string of the molecule is CCCCCCN(C(=O)C(NC(=O)OC(C)(C)C)C(C)CC)C(C(=O)NC(Cc1ccccc1)C(=O)OC(C)(C)C)c1ccc(CC)cc1. The Morgan fingerprint density at radius 2 is 1.37 bits per heavy atom. The minimum Gasteiger partial charge on any atom is -0.458 e. The van der Waals surface area contributed by atoms with E-state index in [9.17, 15) is 19.2 Å². The second-order valence-corrected chi connectivity index (χ2v) is 14.9. The molecule has 0 fully saturated rings. The molecule has 2 N–H and O–H groups in total. The summed E-state index contributed by atoms with van der Waals surface area (Å²) in [5, 5.41) is 5.82. The molecule has 0 saturated carbocycles. The molecule has 3 amide bonds. The van der Waals surface area contributed by atoms with Crippen molar-refractivity contribution in [3.8, 4) is 0 Å². The third-order valence-electron chi connectivity index (χ3n) is 8.24. The minimum atomic E-state index is -1.08. The van der Waals surface area contributed by atoms with Gasteiger partial charge in [0.1, 0.15) is 29.3 Å². The van der Waals surface area contributed by atoms with Crippen molar-refractivity contribution in [3.63, 3.8) is 0 Å². The molecule has 0 heterocycles. The maximum atomic E-state index is 14.7. The first-order chi connectivity index (χ1) is 23.0. The summed E-state index contributed by atoms with van der Waals surface area (Å²) in [6.45, 7) is 19.0. The molecular weight excluding hydrogens is 618 g/mol. The van der Waals surface area contributed by atoms with Crippen LogP contribution in [0.25, 0.3) is 0 Å². The summed E-state index contributed by atoms with van der Waals surface area (Å²) in [6, 6.07) is 14.1. The van der Waals surface area contributed by atoms with Crippen molar-refractivity contribution in [3.05, 3.63) is 71.3 Å². The van der Waals surface area contributed by atoms with Gasteiger partial charge in [0, 0.05) is 13.0 Å². The fourth-order valence-electron chi connectivity index (χ4n) is 5.45. The molecule has 0 radical (unpaired) electrons. The number of unbranched alkanes of at least 4 members (excludes halogenated alkanes) is 3. The van der Waals surface area contributed by atoms with E-state index in [0.29, 0.717) is 18.4 Å². The highest BCUT2D eigenvalue weighted by Crippen LogP contribution is 2.27. The molecule has 4 unspecified atom stereocenters. The highest BCUT2D eigenvalue weighted by molar-refractivity contribution is 5.94. The second kappa shape index (κ2) is 19.3. The van der Waals surface area contributed by atoms with E-state index in [1.54, 1.807) is 46.4 Å². The summed E-state index contributed by atoms with van der Waals surface area (Å²) >= 11 is 0. The summed E-state index contributed by atoms with van der Waals surface area (Å²) in [5.74, 6) is -1.69. The highest BCUT2D eigenvalue weighted by Gasteiger charge is 2.39. The fraction of sp³-hybridized carbons (Fsp3) is 0.600. The first-order valence-corrected chi connectivity index (χ1v) is 18.0. The Balaban J connectivity index is 2.66. The first kappa shape index (κ1) is 41.3. The van der Waals surface area contributed by atoms with E-state index >= 15 is 0 Å². The molecule has 0 aliphatic heterocycles. The highest BCUT2D eigenvalue weighted by atomic mass is 16.6. The van der Waals surface area contributed by atoms with Crippen molar-refractivity contribution in [1.29, 1.82) is 0 Å². The average Bonchev–Trinajstić information content (AvgIpc) is 3.03. The number of nitrogens with zero attached hydrogens (tertiary/aromatic N) is 1. The van der Waals surface area contributed by atoms with Gasteiger partial charge in [0.15, 0.2) is 0 Å². The van der Waals surface area contributed by atoms with Crippen LogP contribution in [0, 0.1) is 5.92 Å². The number of carbonyl (C=O) groups excluding carboxylic acids is 4. The molecule has 0 aliphatic rings. The van der Waals surface area contributed by atoms with Crippen LogP contribution >= 0.6 is 0 Å². The molecule has 4 atom stereocenters. The van der Waals surface area contributed by atoms with E-state index in [2.05, 4.69) is 24.5 Å². The summed E-state index contributed by atoms with van der Waals surface area (Å²) < 4.78 is 11.3. The smallest absolute Gasteiger partial charge is 0.408 e. The van der Waals surface area contributed by atoms with Gasteiger partial charge >= 0.3 is 12.1 Å². The van der Waals surface area contributed by atoms with E-state index in [1.807, 2.05) is 68.4 Å². The zero-order chi connectivity index (χ0) is 36.8. The van der Waals surface area contributed by atoms with Gasteiger partial charge in [-0.2, -0.15) is 0 Å². The number of amides is 3. The van der Waals surface area contributed by atoms with E-state index in [4.69, 9.17) is 9.47 Å². The zero-order valence-electron chi connectivity index (χ0n) is 31.6. The minimum absolute atomic E-state index is 0.211. The molecule has 0 aromatic heterocycles. The molecule has 2 aromatic carbocycles. The standard InChI is InChI=1S/C40H61N3O6/c1-11-14-15-19-26-43(36(45)33(28(4)12-2)42-38(47)49-40(8,9)10)34(31-24-22-29(13-3)23-25-31)35(44)41-32(37(46)48-39(5,6)7)27-30-20-17-16-18-21-30/h16-18,20-25,28,32-34H,11-15,19,26-27H2,1-10H3,(H,41,44)(H,42,47). The Labute approximate surface area is 294 Å². The van der Waals surface area contributed by atoms with Crippen LogP contribution in [0.5, 0.6) is 0 Å². The van der Waals surface area contributed by atoms with Gasteiger partial charge in [-0.1, -0.05) is 108 Å². The predicted molar refractivity (Wildman–Crippen MR) is 195 cm³/mol. The average molecular weight is 680 g/mol. The normalized spacial score (nSPS) is 14.2. The fourth-order valence-corrected chi connectivity index (χ4v) is 5.45. The number of nitrogens with one attached hydrogen (secondary N) is 2. The van der Waals surface area contributed by atoms with Crippen LogP contribution in [0.1, 0.15) is 124 Å². The van der Waals surface area contributed by atoms with Crippen molar-refractivity contribution in [2.24, 2.45) is 5.92 Å². The molecule has 0 saturated heterocycles. The van der Waals surface area contributed by atoms with Crippen LogP contribution < -0.4 is 10.6 Å². The number of alkyl carbamates (subject to hydrolysis) is 1. The third-order valence-corrected chi connectivity index (χ3v) is 8.24. The Morgan fingerprint density at radius 3 is 1.90 bits per heavy atom. The summed E-state index contributed by atoms with van der Waals surface area (Å²) in [7, 11) is 0. The van der Waals surface area contributed by atoms with Gasteiger partial charge in [-0.05, 0) is 77.0 Å². The van der Waals surface area contributed by atoms with Gasteiger partial charge in [-0.15, -0.1) is 0 Å². The molecule has 0 spiro atoms. The number of esters is 1. The summed E-state index contributed by atoms with van der Waals surface area (Å²) in [6.07, 6.45) is 4.44. The van der Waals surface area contributed by atoms with Crippen LogP contribution in [-0.4, -0.2) is 58.6 Å². The molecule has 0 bridgehead atoms. The van der Waals surface area contributed by atoms with Crippen LogP contribution in [0.3, 0.4) is 0 Å². The zero-order valence-corrected chi connectivity index (χ0v) is 31.6. The Bertz CT molecular complexity index is 1330. The van der Waals surface area contributed by atoms with Gasteiger partial charge in [0.25, 0.3) is 0 Å². The largest absolute Gasteiger partial charge is 0.458 e. The van der Waals surface area contributed by atoms with Crippen LogP contribution in [0.2, 0.25) is 0 Å². The number of aryl methyl sites for hydroxylation is 1. The Morgan fingerprint density at radius 1 is 0.755 bits per heavy atom. The maximum absolute atomic E-state index is 14.7. The lowest BCUT2D eigenvalue weighted by Gasteiger charge is -2.37. The number of carbonyl (C=O) groups is 4. The monoisotopic (exact) mass is 679 g/mol. The van der Waals surface area contributed by atoms with Crippen LogP contribution in [-0.2, 0) is 36.7 Å². The molecule has 2 aromatic rings. The number of benzene rings is 2. The molecule has 49 heavy (non-hydrogen) atoms. The lowest BCUT2D eigenvalue weighted by Crippen LogP contribution is -2.56. The summed E-state index contributed by atoms with van der Waals surface area (Å²) in [5.41, 5.74) is 1.02. The summed E-state index contributed by atoms with van der Waals surface area (Å²) in [4.78, 5) is 57.6. The predicted octanol–water partition coefficient (Wildman–Crippen LogP) is 7.71. The van der Waals surface area contributed by atoms with Crippen molar-refractivity contribution < 1.29 is 28.7 Å². The van der Waals surface area contributed by atoms with Crippen molar-refractivity contribution >= 4 is 23.9 Å². The third kappa shape index (κ3) is 14.2. The van der Waals surface area contributed by atoms with Gasteiger partial charge in [0.2, 0.25) is 11.8 Å². The maximum Gasteiger partial charge on any atom is 0.408 e. The lowest BCUT2D eigenvalue weighted by molar-refractivity contribution is -0.159. The molecule has 0 aliphatic carbocycles. The van der Waals surface area contributed by atoms with Gasteiger partial charge in [0.05, 0.1) is 0 Å². The molecule has 9 heteroatoms. The van der Waals surface area contributed by atoms with Crippen LogP contribution in [0.15, 0.2) is 54.6 Å². The molecule has 2 rings (SSSR count). The van der Waals surface area contributed by atoms with Crippen molar-refractivity contribution in [2.75, 3.05) is 6.54 Å². The number of hydrogen-bond donors (Lipinski definition) is 2. The van der Waals surface area contributed by atoms with Gasteiger partial charge in [-0.3, -0.25) is 9.59 Å². The van der Waals surface area contributed by atoms with Crippen molar-refractivity contribution in [2.45, 2.75) is 144 Å². The molecule has 9 nitrogen and oxygen atoms in total. The quantitative estimate of drug-likeness (QED) is 0.131.